The fourth-order valence-corrected chi connectivity index (χ4v) is 4.12. The van der Waals surface area contributed by atoms with Crippen molar-refractivity contribution in [2.45, 2.75) is 4.90 Å². The number of fused-ring (bicyclic) bond motifs is 1. The predicted molar refractivity (Wildman–Crippen MR) is 102 cm³/mol. The van der Waals surface area contributed by atoms with Gasteiger partial charge in [-0.1, -0.05) is 0 Å². The first-order chi connectivity index (χ1) is 13.1. The maximum atomic E-state index is 13.0. The lowest BCUT2D eigenvalue weighted by Gasteiger charge is -2.10. The van der Waals surface area contributed by atoms with Crippen LogP contribution in [0.2, 0.25) is 0 Å². The molecule has 0 atom stereocenters. The van der Waals surface area contributed by atoms with Crippen LogP contribution in [-0.2, 0) is 10.0 Å². The first-order valence-corrected chi connectivity index (χ1v) is 9.60. The molecular formula is C20H16N2O4S. The highest BCUT2D eigenvalue weighted by Crippen LogP contribution is 2.27. The van der Waals surface area contributed by atoms with Crippen molar-refractivity contribution in [2.24, 2.45) is 0 Å². The van der Waals surface area contributed by atoms with Gasteiger partial charge in [0.2, 0.25) is 0 Å². The molecule has 0 unspecified atom stereocenters. The van der Waals surface area contributed by atoms with E-state index in [0.717, 1.165) is 5.39 Å². The molecule has 0 aliphatic rings. The normalized spacial score (nSPS) is 11.4. The van der Waals surface area contributed by atoms with Gasteiger partial charge in [0.25, 0.3) is 10.0 Å². The minimum atomic E-state index is -3.72. The summed E-state index contributed by atoms with van der Waals surface area (Å²) in [5, 5.41) is 0.788. The molecule has 0 aliphatic heterocycles. The van der Waals surface area contributed by atoms with Gasteiger partial charge in [0.1, 0.15) is 17.2 Å². The number of pyridine rings is 1. The zero-order valence-electron chi connectivity index (χ0n) is 14.4. The minimum absolute atomic E-state index is 0.179. The molecule has 2 aromatic heterocycles. The molecule has 0 saturated heterocycles. The van der Waals surface area contributed by atoms with Gasteiger partial charge in [-0.25, -0.2) is 12.4 Å². The molecule has 4 aromatic rings. The monoisotopic (exact) mass is 380 g/mol. The second-order valence-electron chi connectivity index (χ2n) is 5.80. The summed E-state index contributed by atoms with van der Waals surface area (Å²) in [6.45, 7) is 0. The summed E-state index contributed by atoms with van der Waals surface area (Å²) in [5.74, 6) is 1.85. The van der Waals surface area contributed by atoms with Gasteiger partial charge in [-0.2, -0.15) is 0 Å². The predicted octanol–water partition coefficient (Wildman–Crippen LogP) is 4.07. The standard InChI is InChI=1S/C20H16N2O4S/c1-25-18-4-7-20-15(14-18)10-13-22(20)27(23,24)19-5-2-16(3-6-19)26-17-8-11-21-12-9-17/h2-14H,1H3. The van der Waals surface area contributed by atoms with Crippen LogP contribution < -0.4 is 9.47 Å². The summed E-state index contributed by atoms with van der Waals surface area (Å²) in [6, 6.07) is 16.8. The molecule has 0 spiro atoms. The second-order valence-corrected chi connectivity index (χ2v) is 7.61. The molecule has 2 aromatic carbocycles. The van der Waals surface area contributed by atoms with Crippen molar-refractivity contribution in [2.75, 3.05) is 7.11 Å². The van der Waals surface area contributed by atoms with Crippen molar-refractivity contribution in [3.8, 4) is 17.2 Å². The lowest BCUT2D eigenvalue weighted by molar-refractivity contribution is 0.415. The van der Waals surface area contributed by atoms with Gasteiger partial charge >= 0.3 is 0 Å². The van der Waals surface area contributed by atoms with Crippen molar-refractivity contribution < 1.29 is 17.9 Å². The summed E-state index contributed by atoms with van der Waals surface area (Å²) in [7, 11) is -2.15. The van der Waals surface area contributed by atoms with Crippen LogP contribution in [0, 0.1) is 0 Å². The molecular weight excluding hydrogens is 364 g/mol. The molecule has 7 heteroatoms. The SMILES string of the molecule is COc1ccc2c(ccn2S(=O)(=O)c2ccc(Oc3ccncc3)cc2)c1. The van der Waals surface area contributed by atoms with Gasteiger partial charge in [-0.05, 0) is 60.7 Å². The van der Waals surface area contributed by atoms with E-state index in [1.165, 1.54) is 16.1 Å². The largest absolute Gasteiger partial charge is 0.497 e. The Hall–Kier alpha value is -3.32. The first-order valence-electron chi connectivity index (χ1n) is 8.16. The zero-order chi connectivity index (χ0) is 18.9. The fraction of sp³-hybridized carbons (Fsp3) is 0.0500. The van der Waals surface area contributed by atoms with E-state index in [0.29, 0.717) is 22.8 Å². The Morgan fingerprint density at radius 2 is 1.52 bits per heavy atom. The molecule has 0 amide bonds. The fourth-order valence-electron chi connectivity index (χ4n) is 2.77. The smallest absolute Gasteiger partial charge is 0.268 e. The molecule has 4 rings (SSSR count). The Labute approximate surface area is 156 Å². The topological polar surface area (TPSA) is 70.4 Å². The van der Waals surface area contributed by atoms with E-state index < -0.39 is 10.0 Å². The van der Waals surface area contributed by atoms with Gasteiger partial charge in [-0.15, -0.1) is 0 Å². The summed E-state index contributed by atoms with van der Waals surface area (Å²) in [6.07, 6.45) is 4.79. The number of ether oxygens (including phenoxy) is 2. The average Bonchev–Trinajstić information content (AvgIpc) is 3.13. The van der Waals surface area contributed by atoms with Gasteiger partial charge in [0, 0.05) is 24.0 Å². The summed E-state index contributed by atoms with van der Waals surface area (Å²) >= 11 is 0. The number of rotatable bonds is 5. The van der Waals surface area contributed by atoms with Gasteiger partial charge in [0.05, 0.1) is 17.5 Å². The van der Waals surface area contributed by atoms with Crippen molar-refractivity contribution in [3.63, 3.8) is 0 Å². The molecule has 0 fully saturated rings. The number of aromatic nitrogens is 2. The summed E-state index contributed by atoms with van der Waals surface area (Å²) in [5.41, 5.74) is 0.591. The molecule has 0 aliphatic carbocycles. The van der Waals surface area contributed by atoms with Crippen LogP contribution in [0.1, 0.15) is 0 Å². The highest BCUT2D eigenvalue weighted by Gasteiger charge is 2.19. The molecule has 2 heterocycles. The van der Waals surface area contributed by atoms with E-state index in [9.17, 15) is 8.42 Å². The van der Waals surface area contributed by atoms with Crippen LogP contribution in [0.5, 0.6) is 17.2 Å². The van der Waals surface area contributed by atoms with Crippen molar-refractivity contribution >= 4 is 20.9 Å². The maximum Gasteiger partial charge on any atom is 0.268 e. The van der Waals surface area contributed by atoms with Crippen LogP contribution >= 0.6 is 0 Å². The third kappa shape index (κ3) is 3.24. The number of hydrogen-bond acceptors (Lipinski definition) is 5. The lowest BCUT2D eigenvalue weighted by Crippen LogP contribution is -2.11. The van der Waals surface area contributed by atoms with E-state index in [2.05, 4.69) is 4.98 Å². The van der Waals surface area contributed by atoms with Gasteiger partial charge < -0.3 is 9.47 Å². The van der Waals surface area contributed by atoms with Crippen molar-refractivity contribution in [3.05, 3.63) is 79.3 Å². The van der Waals surface area contributed by atoms with E-state index in [-0.39, 0.29) is 4.90 Å². The third-order valence-corrected chi connectivity index (χ3v) is 5.83. The number of nitrogens with zero attached hydrogens (tertiary/aromatic N) is 2. The molecule has 0 bridgehead atoms. The van der Waals surface area contributed by atoms with Crippen LogP contribution in [0.4, 0.5) is 0 Å². The molecule has 136 valence electrons. The molecule has 6 nitrogen and oxygen atoms in total. The average molecular weight is 380 g/mol. The minimum Gasteiger partial charge on any atom is -0.497 e. The van der Waals surface area contributed by atoms with Crippen LogP contribution in [-0.4, -0.2) is 24.5 Å². The first kappa shape index (κ1) is 17.1. The Balaban J connectivity index is 1.66. The van der Waals surface area contributed by atoms with Gasteiger partial charge in [0.15, 0.2) is 0 Å². The lowest BCUT2D eigenvalue weighted by atomic mass is 10.2. The van der Waals surface area contributed by atoms with Crippen LogP contribution in [0.15, 0.2) is 84.1 Å². The number of methoxy groups -OCH3 is 1. The quantitative estimate of drug-likeness (QED) is 0.522. The highest BCUT2D eigenvalue weighted by atomic mass is 32.2. The number of hydrogen-bond donors (Lipinski definition) is 0. The van der Waals surface area contributed by atoms with Crippen LogP contribution in [0.25, 0.3) is 10.9 Å². The van der Waals surface area contributed by atoms with Crippen molar-refractivity contribution in [1.29, 1.82) is 0 Å². The number of benzene rings is 2. The molecule has 0 N–H and O–H groups in total. The van der Waals surface area contributed by atoms with Crippen LogP contribution in [0.3, 0.4) is 0 Å². The Morgan fingerprint density at radius 1 is 0.852 bits per heavy atom. The summed E-state index contributed by atoms with van der Waals surface area (Å²) < 4.78 is 38.2. The Morgan fingerprint density at radius 3 is 2.22 bits per heavy atom. The summed E-state index contributed by atoms with van der Waals surface area (Å²) in [4.78, 5) is 4.11. The molecule has 27 heavy (non-hydrogen) atoms. The zero-order valence-corrected chi connectivity index (χ0v) is 15.3. The van der Waals surface area contributed by atoms with E-state index in [1.54, 1.807) is 74.2 Å². The third-order valence-electron chi connectivity index (χ3n) is 4.13. The highest BCUT2D eigenvalue weighted by molar-refractivity contribution is 7.90. The van der Waals surface area contributed by atoms with Gasteiger partial charge in [-0.3, -0.25) is 4.98 Å². The molecule has 0 radical (unpaired) electrons. The van der Waals surface area contributed by atoms with E-state index in [1.807, 2.05) is 0 Å². The molecule has 0 saturated carbocycles. The second kappa shape index (κ2) is 6.77. The Bertz CT molecular complexity index is 1180. The maximum absolute atomic E-state index is 13.0. The van der Waals surface area contributed by atoms with Crippen molar-refractivity contribution in [1.82, 2.24) is 8.96 Å². The van der Waals surface area contributed by atoms with E-state index >= 15 is 0 Å². The van der Waals surface area contributed by atoms with E-state index in [4.69, 9.17) is 9.47 Å². The Kier molecular flexibility index (Phi) is 4.29.